The molecule has 0 amide bonds. The highest BCUT2D eigenvalue weighted by molar-refractivity contribution is 7.91. The van der Waals surface area contributed by atoms with Crippen LogP contribution in [0.4, 0.5) is 0 Å². The van der Waals surface area contributed by atoms with Gasteiger partial charge in [0.25, 0.3) is 0 Å². The fourth-order valence-electron chi connectivity index (χ4n) is 2.67. The highest BCUT2D eigenvalue weighted by atomic mass is 32.2. The Kier molecular flexibility index (Phi) is 5.00. The van der Waals surface area contributed by atoms with Crippen LogP contribution in [0, 0.1) is 0 Å². The van der Waals surface area contributed by atoms with Gasteiger partial charge in [0.05, 0.1) is 23.7 Å². The van der Waals surface area contributed by atoms with E-state index < -0.39 is 15.8 Å². The van der Waals surface area contributed by atoms with Crippen LogP contribution in [-0.4, -0.2) is 58.3 Å². The minimum absolute atomic E-state index is 0.0438. The van der Waals surface area contributed by atoms with Gasteiger partial charge >= 0.3 is 5.97 Å². The number of sulfone groups is 1. The maximum absolute atomic E-state index is 11.6. The average Bonchev–Trinajstić information content (AvgIpc) is 2.95. The molecule has 8 heteroatoms. The second kappa shape index (κ2) is 6.57. The van der Waals surface area contributed by atoms with Crippen LogP contribution in [0.2, 0.25) is 0 Å². The van der Waals surface area contributed by atoms with Crippen LogP contribution in [0.1, 0.15) is 25.5 Å². The molecular formula is C13H21N3O4S. The van der Waals surface area contributed by atoms with E-state index in [1.807, 2.05) is 17.7 Å². The lowest BCUT2D eigenvalue weighted by atomic mass is 10.2. The molecule has 0 aliphatic carbocycles. The van der Waals surface area contributed by atoms with E-state index in [1.54, 1.807) is 11.1 Å². The molecule has 1 aliphatic heterocycles. The van der Waals surface area contributed by atoms with Crippen molar-refractivity contribution >= 4 is 15.8 Å². The molecule has 2 rings (SSSR count). The summed E-state index contributed by atoms with van der Waals surface area (Å²) in [5.41, 5.74) is 0.919. The Morgan fingerprint density at radius 3 is 2.90 bits per heavy atom. The summed E-state index contributed by atoms with van der Waals surface area (Å²) in [4.78, 5) is 12.8. The first kappa shape index (κ1) is 16.0. The van der Waals surface area contributed by atoms with Gasteiger partial charge in [0, 0.05) is 25.3 Å². The quantitative estimate of drug-likeness (QED) is 0.781. The molecule has 1 aliphatic rings. The fraction of sp³-hybridized carbons (Fsp3) is 0.692. The maximum Gasteiger partial charge on any atom is 0.317 e. The van der Waals surface area contributed by atoms with E-state index in [2.05, 4.69) is 5.10 Å². The number of carbonyl (C=O) groups is 1. The molecule has 0 saturated carbocycles. The smallest absolute Gasteiger partial charge is 0.317 e. The summed E-state index contributed by atoms with van der Waals surface area (Å²) in [5.74, 6) is -0.759. The lowest BCUT2D eigenvalue weighted by molar-refractivity contribution is -0.139. The van der Waals surface area contributed by atoms with Crippen molar-refractivity contribution in [2.45, 2.75) is 38.9 Å². The van der Waals surface area contributed by atoms with Crippen LogP contribution in [0.3, 0.4) is 0 Å². The summed E-state index contributed by atoms with van der Waals surface area (Å²) >= 11 is 0. The highest BCUT2D eigenvalue weighted by Gasteiger charge is 2.33. The summed E-state index contributed by atoms with van der Waals surface area (Å²) in [5, 5.41) is 13.3. The van der Waals surface area contributed by atoms with Crippen LogP contribution in [0.25, 0.3) is 0 Å². The van der Waals surface area contributed by atoms with Gasteiger partial charge in [-0.15, -0.1) is 0 Å². The molecule has 118 valence electrons. The molecule has 0 aromatic carbocycles. The minimum atomic E-state index is -3.03. The van der Waals surface area contributed by atoms with E-state index in [0.29, 0.717) is 13.0 Å². The Bertz CT molecular complexity index is 596. The van der Waals surface area contributed by atoms with Gasteiger partial charge in [-0.3, -0.25) is 14.4 Å². The minimum Gasteiger partial charge on any atom is -0.480 e. The maximum atomic E-state index is 11.6. The van der Waals surface area contributed by atoms with Gasteiger partial charge < -0.3 is 5.11 Å². The first-order valence-corrected chi connectivity index (χ1v) is 8.90. The number of nitrogens with zero attached hydrogens (tertiary/aromatic N) is 3. The first-order valence-electron chi connectivity index (χ1n) is 7.08. The number of rotatable bonds is 7. The molecular weight excluding hydrogens is 294 g/mol. The zero-order valence-corrected chi connectivity index (χ0v) is 12.9. The molecule has 1 atom stereocenters. The third-order valence-corrected chi connectivity index (χ3v) is 5.42. The SMILES string of the molecule is CCCn1nccc1CN(CC(=O)O)C1CCS(=O)(=O)C1. The number of aromatic nitrogens is 2. The first-order chi connectivity index (χ1) is 9.91. The van der Waals surface area contributed by atoms with E-state index in [1.165, 1.54) is 0 Å². The molecule has 2 heterocycles. The number of carboxylic acid groups (broad SMARTS) is 1. The van der Waals surface area contributed by atoms with Gasteiger partial charge in [-0.05, 0) is 18.9 Å². The summed E-state index contributed by atoms with van der Waals surface area (Å²) in [6.07, 6.45) is 3.12. The van der Waals surface area contributed by atoms with Crippen molar-refractivity contribution in [2.24, 2.45) is 0 Å². The Morgan fingerprint density at radius 2 is 2.33 bits per heavy atom. The summed E-state index contributed by atoms with van der Waals surface area (Å²) in [6, 6.07) is 1.63. The largest absolute Gasteiger partial charge is 0.480 e. The third-order valence-electron chi connectivity index (χ3n) is 3.67. The average molecular weight is 315 g/mol. The highest BCUT2D eigenvalue weighted by Crippen LogP contribution is 2.20. The summed E-state index contributed by atoms with van der Waals surface area (Å²) < 4.78 is 25.1. The lowest BCUT2D eigenvalue weighted by Crippen LogP contribution is -2.39. The van der Waals surface area contributed by atoms with Crippen LogP contribution >= 0.6 is 0 Å². The molecule has 0 radical (unpaired) electrons. The number of carboxylic acids is 1. The zero-order chi connectivity index (χ0) is 15.5. The van der Waals surface area contributed by atoms with Gasteiger partial charge in [-0.25, -0.2) is 8.42 Å². The third kappa shape index (κ3) is 4.28. The van der Waals surface area contributed by atoms with E-state index in [4.69, 9.17) is 5.11 Å². The van der Waals surface area contributed by atoms with Crippen molar-refractivity contribution in [2.75, 3.05) is 18.1 Å². The molecule has 1 fully saturated rings. The van der Waals surface area contributed by atoms with Crippen molar-refractivity contribution in [1.82, 2.24) is 14.7 Å². The van der Waals surface area contributed by atoms with Crippen molar-refractivity contribution in [3.05, 3.63) is 18.0 Å². The molecule has 1 saturated heterocycles. The molecule has 0 spiro atoms. The second-order valence-electron chi connectivity index (χ2n) is 5.40. The van der Waals surface area contributed by atoms with E-state index in [0.717, 1.165) is 18.7 Å². The Labute approximate surface area is 124 Å². The molecule has 7 nitrogen and oxygen atoms in total. The topological polar surface area (TPSA) is 92.5 Å². The predicted octanol–water partition coefficient (Wildman–Crippen LogP) is 0.367. The molecule has 0 bridgehead atoms. The van der Waals surface area contributed by atoms with Crippen molar-refractivity contribution < 1.29 is 18.3 Å². The number of aryl methyl sites for hydroxylation is 1. The molecule has 21 heavy (non-hydrogen) atoms. The van der Waals surface area contributed by atoms with Crippen molar-refractivity contribution in [3.8, 4) is 0 Å². The van der Waals surface area contributed by atoms with Crippen molar-refractivity contribution in [3.63, 3.8) is 0 Å². The van der Waals surface area contributed by atoms with E-state index in [-0.39, 0.29) is 24.1 Å². The summed E-state index contributed by atoms with van der Waals surface area (Å²) in [6.45, 7) is 3.07. The molecule has 1 unspecified atom stereocenters. The van der Waals surface area contributed by atoms with E-state index in [9.17, 15) is 13.2 Å². The molecule has 1 N–H and O–H groups in total. The fourth-order valence-corrected chi connectivity index (χ4v) is 4.43. The normalized spacial score (nSPS) is 21.0. The zero-order valence-electron chi connectivity index (χ0n) is 12.1. The number of hydrogen-bond donors (Lipinski definition) is 1. The van der Waals surface area contributed by atoms with Gasteiger partial charge in [-0.1, -0.05) is 6.92 Å². The monoisotopic (exact) mass is 315 g/mol. The van der Waals surface area contributed by atoms with Gasteiger partial charge in [0.15, 0.2) is 9.84 Å². The van der Waals surface area contributed by atoms with Gasteiger partial charge in [0.1, 0.15) is 0 Å². The number of hydrogen-bond acceptors (Lipinski definition) is 5. The van der Waals surface area contributed by atoms with Crippen LogP contribution in [0.5, 0.6) is 0 Å². The van der Waals surface area contributed by atoms with Crippen LogP contribution in [0.15, 0.2) is 12.3 Å². The summed E-state index contributed by atoms with van der Waals surface area (Å²) in [7, 11) is -3.03. The molecule has 1 aromatic rings. The Balaban J connectivity index is 2.13. The Morgan fingerprint density at radius 1 is 1.57 bits per heavy atom. The molecule has 1 aromatic heterocycles. The number of aliphatic carboxylic acids is 1. The van der Waals surface area contributed by atoms with Gasteiger partial charge in [0.2, 0.25) is 0 Å². The van der Waals surface area contributed by atoms with Crippen LogP contribution < -0.4 is 0 Å². The lowest BCUT2D eigenvalue weighted by Gasteiger charge is -2.26. The van der Waals surface area contributed by atoms with Crippen LogP contribution in [-0.2, 0) is 27.7 Å². The predicted molar refractivity (Wildman–Crippen MR) is 77.6 cm³/mol. The van der Waals surface area contributed by atoms with Gasteiger partial charge in [-0.2, -0.15) is 5.10 Å². The van der Waals surface area contributed by atoms with Crippen molar-refractivity contribution in [1.29, 1.82) is 0 Å². The second-order valence-corrected chi connectivity index (χ2v) is 7.63. The Hall–Kier alpha value is -1.41. The standard InChI is InChI=1S/C13H21N3O4S/c1-2-6-16-11(3-5-14-16)8-15(9-13(17)18)12-4-7-21(19,20)10-12/h3,5,12H,2,4,6-10H2,1H3,(H,17,18). The van der Waals surface area contributed by atoms with E-state index >= 15 is 0 Å².